The number of carbonyl (C=O) groups excluding carboxylic acids is 2. The lowest BCUT2D eigenvalue weighted by Crippen LogP contribution is -2.49. The molecule has 2 amide bonds. The van der Waals surface area contributed by atoms with Crippen molar-refractivity contribution in [1.29, 1.82) is 0 Å². The molecule has 0 spiro atoms. The van der Waals surface area contributed by atoms with Crippen molar-refractivity contribution >= 4 is 17.6 Å². The fourth-order valence-electron chi connectivity index (χ4n) is 4.67. The molecule has 0 saturated carbocycles. The molecule has 2 bridgehead atoms. The first-order valence-corrected chi connectivity index (χ1v) is 11.7. The van der Waals surface area contributed by atoms with Gasteiger partial charge in [-0.15, -0.1) is 5.10 Å². The highest BCUT2D eigenvalue weighted by atomic mass is 16.5. The lowest BCUT2D eigenvalue weighted by Gasteiger charge is -2.37. The second-order valence-corrected chi connectivity index (χ2v) is 8.65. The monoisotopic (exact) mass is 448 g/mol. The van der Waals surface area contributed by atoms with E-state index in [0.29, 0.717) is 25.4 Å². The number of amides is 2. The van der Waals surface area contributed by atoms with Crippen molar-refractivity contribution in [3.63, 3.8) is 0 Å². The van der Waals surface area contributed by atoms with Crippen LogP contribution in [0.15, 0.2) is 42.7 Å². The van der Waals surface area contributed by atoms with Crippen molar-refractivity contribution in [2.75, 3.05) is 26.2 Å². The van der Waals surface area contributed by atoms with E-state index in [1.807, 2.05) is 17.0 Å². The number of carbonyl (C=O) groups is 2. The predicted molar refractivity (Wildman–Crippen MR) is 121 cm³/mol. The maximum Gasteiger partial charge on any atom is 0.294 e. The van der Waals surface area contributed by atoms with E-state index in [1.165, 1.54) is 10.1 Å². The lowest BCUT2D eigenvalue weighted by molar-refractivity contribution is -0.135. The van der Waals surface area contributed by atoms with Crippen LogP contribution in [0.2, 0.25) is 0 Å². The van der Waals surface area contributed by atoms with Gasteiger partial charge < -0.3 is 14.5 Å². The van der Waals surface area contributed by atoms with E-state index in [1.54, 1.807) is 23.4 Å². The minimum Gasteiger partial charge on any atom is -0.494 e. The summed E-state index contributed by atoms with van der Waals surface area (Å²) in [5, 5.41) is 4.26. The molecule has 0 aliphatic carbocycles. The zero-order chi connectivity index (χ0) is 22.6. The van der Waals surface area contributed by atoms with Gasteiger partial charge in [0.1, 0.15) is 12.3 Å². The van der Waals surface area contributed by atoms with Gasteiger partial charge in [0.25, 0.3) is 11.7 Å². The number of rotatable bonds is 1. The summed E-state index contributed by atoms with van der Waals surface area (Å²) in [4.78, 5) is 38.6. The highest BCUT2D eigenvalue weighted by molar-refractivity contribution is 5.93. The maximum atomic E-state index is 13.4. The number of hydrogen-bond acceptors (Lipinski definition) is 6. The molecular formula is C24H28N6O3. The number of aromatic nitrogens is 4. The minimum absolute atomic E-state index is 0.0123. The number of hydrogen-bond donors (Lipinski definition) is 0. The summed E-state index contributed by atoms with van der Waals surface area (Å²) in [6.07, 6.45) is 8.81. The van der Waals surface area contributed by atoms with Crippen molar-refractivity contribution in [2.45, 2.75) is 44.6 Å². The molecule has 5 rings (SSSR count). The first-order valence-electron chi connectivity index (χ1n) is 11.7. The molecule has 0 N–H and O–H groups in total. The first kappa shape index (κ1) is 21.4. The molecule has 9 heteroatoms. The van der Waals surface area contributed by atoms with Gasteiger partial charge in [0.15, 0.2) is 0 Å². The van der Waals surface area contributed by atoms with Crippen molar-refractivity contribution in [2.24, 2.45) is 0 Å². The zero-order valence-electron chi connectivity index (χ0n) is 18.6. The summed E-state index contributed by atoms with van der Waals surface area (Å²) in [6.45, 7) is 1.59. The number of benzene rings is 1. The molecule has 1 atom stereocenters. The molecule has 2 aromatic heterocycles. The standard InChI is InChI=1S/C24H28N6O3/c31-21-17-28(23(32)22-26-24-25-11-4-14-30(24)27-22)12-5-15-33-20-8-3-6-18(16-20)9-10-19-7-1-2-13-29(19)21/h3-4,6,8,11,14,16,19H,1-2,5,7,9-10,12-13,15,17H2. The Kier molecular flexibility index (Phi) is 6.19. The third-order valence-electron chi connectivity index (χ3n) is 6.37. The average Bonchev–Trinajstić information content (AvgIpc) is 3.28. The molecule has 1 unspecified atom stereocenters. The Morgan fingerprint density at radius 2 is 2.03 bits per heavy atom. The SMILES string of the molecule is O=C(c1nc2ncccn2n1)N1CCCOc2cccc(c2)CCC2CCCCN2C(=O)C1. The van der Waals surface area contributed by atoms with Gasteiger partial charge in [-0.3, -0.25) is 9.59 Å². The Bertz CT molecular complexity index is 1110. The molecule has 3 aromatic rings. The van der Waals surface area contributed by atoms with Crippen molar-refractivity contribution in [1.82, 2.24) is 29.4 Å². The first-order chi connectivity index (χ1) is 16.2. The Morgan fingerprint density at radius 3 is 2.94 bits per heavy atom. The van der Waals surface area contributed by atoms with E-state index in [-0.39, 0.29) is 30.2 Å². The minimum atomic E-state index is -0.364. The van der Waals surface area contributed by atoms with E-state index < -0.39 is 0 Å². The number of fused-ring (bicyclic) bond motifs is 4. The summed E-state index contributed by atoms with van der Waals surface area (Å²) in [7, 11) is 0. The van der Waals surface area contributed by atoms with Crippen molar-refractivity contribution in [3.8, 4) is 5.75 Å². The Labute approximate surface area is 192 Å². The largest absolute Gasteiger partial charge is 0.494 e. The van der Waals surface area contributed by atoms with Gasteiger partial charge in [0, 0.05) is 31.5 Å². The van der Waals surface area contributed by atoms with Crippen LogP contribution in [0.4, 0.5) is 0 Å². The van der Waals surface area contributed by atoms with Gasteiger partial charge in [-0.1, -0.05) is 12.1 Å². The van der Waals surface area contributed by atoms with Crippen LogP contribution >= 0.6 is 0 Å². The smallest absolute Gasteiger partial charge is 0.294 e. The molecule has 1 fully saturated rings. The van der Waals surface area contributed by atoms with E-state index >= 15 is 0 Å². The quantitative estimate of drug-likeness (QED) is 0.567. The highest BCUT2D eigenvalue weighted by Gasteiger charge is 2.30. The fraction of sp³-hybridized carbons (Fsp3) is 0.458. The summed E-state index contributed by atoms with van der Waals surface area (Å²) >= 11 is 0. The van der Waals surface area contributed by atoms with E-state index in [4.69, 9.17) is 4.74 Å². The third kappa shape index (κ3) is 4.81. The predicted octanol–water partition coefficient (Wildman–Crippen LogP) is 2.36. The zero-order valence-corrected chi connectivity index (χ0v) is 18.6. The Hall–Kier alpha value is -3.49. The molecular weight excluding hydrogens is 420 g/mol. The molecule has 33 heavy (non-hydrogen) atoms. The van der Waals surface area contributed by atoms with Crippen LogP contribution in [0.1, 0.15) is 48.3 Å². The van der Waals surface area contributed by atoms with Gasteiger partial charge in [-0.2, -0.15) is 4.98 Å². The number of nitrogens with zero attached hydrogens (tertiary/aromatic N) is 6. The Balaban J connectivity index is 1.40. The normalized spacial score (nSPS) is 20.1. The van der Waals surface area contributed by atoms with E-state index in [0.717, 1.165) is 44.4 Å². The lowest BCUT2D eigenvalue weighted by atomic mass is 9.95. The molecule has 9 nitrogen and oxygen atoms in total. The number of piperidine rings is 1. The molecule has 4 heterocycles. The van der Waals surface area contributed by atoms with Crippen LogP contribution in [0.5, 0.6) is 5.75 Å². The van der Waals surface area contributed by atoms with Gasteiger partial charge in [0.2, 0.25) is 11.7 Å². The summed E-state index contributed by atoms with van der Waals surface area (Å²) < 4.78 is 7.40. The molecule has 1 aromatic carbocycles. The number of aryl methyl sites for hydroxylation is 1. The summed E-state index contributed by atoms with van der Waals surface area (Å²) in [5.41, 5.74) is 1.23. The summed E-state index contributed by atoms with van der Waals surface area (Å²) in [5.74, 6) is 0.866. The molecule has 2 aliphatic rings. The van der Waals surface area contributed by atoms with Crippen molar-refractivity contribution < 1.29 is 14.3 Å². The van der Waals surface area contributed by atoms with Crippen LogP contribution < -0.4 is 4.74 Å². The molecule has 172 valence electrons. The third-order valence-corrected chi connectivity index (χ3v) is 6.37. The topological polar surface area (TPSA) is 92.9 Å². The van der Waals surface area contributed by atoms with Gasteiger partial charge >= 0.3 is 0 Å². The molecule has 0 radical (unpaired) electrons. The second-order valence-electron chi connectivity index (χ2n) is 8.65. The fourth-order valence-corrected chi connectivity index (χ4v) is 4.67. The van der Waals surface area contributed by atoms with Crippen LogP contribution in [0, 0.1) is 0 Å². The average molecular weight is 449 g/mol. The number of ether oxygens (including phenoxy) is 1. The molecule has 2 aliphatic heterocycles. The highest BCUT2D eigenvalue weighted by Crippen LogP contribution is 2.24. The van der Waals surface area contributed by atoms with Crippen LogP contribution in [-0.2, 0) is 11.2 Å². The second kappa shape index (κ2) is 9.56. The van der Waals surface area contributed by atoms with Gasteiger partial charge in [0.05, 0.1) is 6.61 Å². The van der Waals surface area contributed by atoms with Crippen LogP contribution in [0.25, 0.3) is 5.78 Å². The van der Waals surface area contributed by atoms with Gasteiger partial charge in [-0.25, -0.2) is 9.50 Å². The van der Waals surface area contributed by atoms with Crippen LogP contribution in [-0.4, -0.2) is 73.5 Å². The van der Waals surface area contributed by atoms with Crippen molar-refractivity contribution in [3.05, 3.63) is 54.1 Å². The Morgan fingerprint density at radius 1 is 1.09 bits per heavy atom. The summed E-state index contributed by atoms with van der Waals surface area (Å²) in [6, 6.07) is 10.1. The molecule has 1 saturated heterocycles. The maximum absolute atomic E-state index is 13.4. The van der Waals surface area contributed by atoms with Crippen LogP contribution in [0.3, 0.4) is 0 Å². The van der Waals surface area contributed by atoms with E-state index in [2.05, 4.69) is 27.2 Å². The van der Waals surface area contributed by atoms with Gasteiger partial charge in [-0.05, 0) is 62.3 Å². The van der Waals surface area contributed by atoms with E-state index in [9.17, 15) is 9.59 Å².